The molecule has 1 N–H and O–H groups in total. The number of ether oxygens (including phenoxy) is 2. The van der Waals surface area contributed by atoms with E-state index >= 15 is 0 Å². The molecule has 0 heterocycles. The number of carbonyl (C=O) groups excluding carboxylic acids is 2. The molecule has 70 heavy (non-hydrogen) atoms. The van der Waals surface area contributed by atoms with Gasteiger partial charge in [-0.15, -0.1) is 0 Å². The second-order valence-electron chi connectivity index (χ2n) is 18.8. The molecule has 0 saturated carbocycles. The number of carbonyl (C=O) groups is 2. The highest BCUT2D eigenvalue weighted by atomic mass is 31.2. The standard InChI is InChI=1S/C60H100NO8P/c1-6-8-10-12-14-16-18-20-22-24-25-26-27-28-29-30-31-32-33-34-35-37-39-41-43-45-47-49-51-53-60(63)69-58(57-68-70(64,65)67-55-54-61(3,4)5)56-66-59(62)52-50-48-46-44-42-40-38-36-23-21-19-17-15-13-11-9-7-2/h8-11,14-17,20-23,25-26,28-29,38,40,44,46,58H,6-7,12-13,18-19,24,27,30-37,39,41-43,45,47-57H2,1-5H3/p+1/b10-8-,11-9-,16-14-,17-15-,22-20-,23-21-,26-25-,29-28-,40-38-,46-44-. The van der Waals surface area contributed by atoms with E-state index in [1.54, 1.807) is 0 Å². The molecule has 0 amide bonds. The molecular weight excluding hydrogens is 894 g/mol. The average Bonchev–Trinajstić information content (AvgIpc) is 3.32. The largest absolute Gasteiger partial charge is 0.472 e. The van der Waals surface area contributed by atoms with E-state index in [0.29, 0.717) is 23.9 Å². The van der Waals surface area contributed by atoms with Crippen LogP contribution in [0.5, 0.6) is 0 Å². The highest BCUT2D eigenvalue weighted by Crippen LogP contribution is 2.43. The van der Waals surface area contributed by atoms with Gasteiger partial charge in [0.25, 0.3) is 0 Å². The molecular formula is C60H101NO8P+. The van der Waals surface area contributed by atoms with Gasteiger partial charge in [-0.3, -0.25) is 18.6 Å². The lowest BCUT2D eigenvalue weighted by molar-refractivity contribution is -0.870. The fourth-order valence-corrected chi connectivity index (χ4v) is 7.58. The number of unbranched alkanes of at least 4 members (excludes halogenated alkanes) is 14. The maximum atomic E-state index is 12.8. The molecule has 9 nitrogen and oxygen atoms in total. The van der Waals surface area contributed by atoms with E-state index in [-0.39, 0.29) is 26.1 Å². The summed E-state index contributed by atoms with van der Waals surface area (Å²) in [4.78, 5) is 35.6. The van der Waals surface area contributed by atoms with Crippen LogP contribution in [-0.4, -0.2) is 74.9 Å². The number of esters is 2. The van der Waals surface area contributed by atoms with Crippen LogP contribution in [0.1, 0.15) is 194 Å². The molecule has 0 aliphatic carbocycles. The Kier molecular flexibility index (Phi) is 47.8. The molecule has 0 aliphatic rings. The number of hydrogen-bond donors (Lipinski definition) is 1. The lowest BCUT2D eigenvalue weighted by atomic mass is 10.0. The van der Waals surface area contributed by atoms with Crippen LogP contribution in [0.15, 0.2) is 122 Å². The summed E-state index contributed by atoms with van der Waals surface area (Å²) < 4.78 is 34.4. The minimum Gasteiger partial charge on any atom is -0.462 e. The van der Waals surface area contributed by atoms with E-state index in [1.807, 2.05) is 21.1 Å². The average molecular weight is 995 g/mol. The van der Waals surface area contributed by atoms with Crippen molar-refractivity contribution in [1.29, 1.82) is 0 Å². The SMILES string of the molecule is CC/C=C\C/C=C\C/C=C\C/C=C\C/C=C\CCCCCCCCCCCCCCCC(=O)OC(COC(=O)CCC/C=C\C/C=C\C/C=C\C/C=C\C/C=C\CC)COP(=O)(O)OCC[N+](C)(C)C. The summed E-state index contributed by atoms with van der Waals surface area (Å²) in [6.07, 6.45) is 71.3. The molecule has 398 valence electrons. The Morgan fingerprint density at radius 1 is 0.443 bits per heavy atom. The summed E-state index contributed by atoms with van der Waals surface area (Å²) in [5.41, 5.74) is 0. The quantitative estimate of drug-likeness (QED) is 0.0211. The number of phosphoric acid groups is 1. The van der Waals surface area contributed by atoms with Crippen molar-refractivity contribution in [3.63, 3.8) is 0 Å². The van der Waals surface area contributed by atoms with E-state index in [0.717, 1.165) is 89.9 Å². The van der Waals surface area contributed by atoms with Crippen molar-refractivity contribution in [2.45, 2.75) is 200 Å². The first kappa shape index (κ1) is 66.4. The maximum Gasteiger partial charge on any atom is 0.472 e. The van der Waals surface area contributed by atoms with Crippen molar-refractivity contribution in [2.24, 2.45) is 0 Å². The Balaban J connectivity index is 4.24. The molecule has 0 saturated heterocycles. The summed E-state index contributed by atoms with van der Waals surface area (Å²) in [6, 6.07) is 0. The van der Waals surface area contributed by atoms with E-state index in [2.05, 4.69) is 135 Å². The van der Waals surface area contributed by atoms with Gasteiger partial charge in [0.15, 0.2) is 6.10 Å². The molecule has 2 unspecified atom stereocenters. The first-order valence-corrected chi connectivity index (χ1v) is 28.8. The highest BCUT2D eigenvalue weighted by molar-refractivity contribution is 7.47. The normalized spacial score (nSPS) is 14.3. The van der Waals surface area contributed by atoms with Gasteiger partial charge in [0, 0.05) is 12.8 Å². The van der Waals surface area contributed by atoms with E-state index in [9.17, 15) is 19.0 Å². The number of rotatable bonds is 48. The summed E-state index contributed by atoms with van der Waals surface area (Å²) in [5, 5.41) is 0. The second-order valence-corrected chi connectivity index (χ2v) is 20.3. The molecule has 0 fully saturated rings. The van der Waals surface area contributed by atoms with Crippen LogP contribution < -0.4 is 0 Å². The van der Waals surface area contributed by atoms with Crippen LogP contribution in [-0.2, 0) is 32.7 Å². The summed E-state index contributed by atoms with van der Waals surface area (Å²) in [7, 11) is 1.43. The molecule has 10 heteroatoms. The Morgan fingerprint density at radius 2 is 0.786 bits per heavy atom. The number of likely N-dealkylation sites (N-methyl/N-ethyl adjacent to an activating group) is 1. The molecule has 0 aliphatic heterocycles. The Bertz CT molecular complexity index is 1590. The zero-order valence-electron chi connectivity index (χ0n) is 45.0. The van der Waals surface area contributed by atoms with Gasteiger partial charge in [-0.2, -0.15) is 0 Å². The maximum absolute atomic E-state index is 12.8. The molecule has 0 aromatic carbocycles. The van der Waals surface area contributed by atoms with E-state index in [4.69, 9.17) is 18.5 Å². The molecule has 0 radical (unpaired) electrons. The van der Waals surface area contributed by atoms with E-state index < -0.39 is 32.5 Å². The second kappa shape index (κ2) is 50.4. The minimum absolute atomic E-state index is 0.0164. The van der Waals surface area contributed by atoms with Crippen molar-refractivity contribution in [1.82, 2.24) is 0 Å². The third-order valence-electron chi connectivity index (χ3n) is 11.0. The first-order valence-electron chi connectivity index (χ1n) is 27.3. The first-order chi connectivity index (χ1) is 34.0. The van der Waals surface area contributed by atoms with Crippen LogP contribution in [0.4, 0.5) is 0 Å². The van der Waals surface area contributed by atoms with Gasteiger partial charge in [-0.25, -0.2) is 4.57 Å². The van der Waals surface area contributed by atoms with Crippen molar-refractivity contribution in [3.05, 3.63) is 122 Å². The number of allylic oxidation sites excluding steroid dienone is 20. The van der Waals surface area contributed by atoms with Gasteiger partial charge in [-0.1, -0.05) is 206 Å². The van der Waals surface area contributed by atoms with Crippen LogP contribution in [0.25, 0.3) is 0 Å². The number of hydrogen-bond acceptors (Lipinski definition) is 7. The van der Waals surface area contributed by atoms with E-state index in [1.165, 1.54) is 64.2 Å². The van der Waals surface area contributed by atoms with Gasteiger partial charge in [0.1, 0.15) is 19.8 Å². The van der Waals surface area contributed by atoms with Crippen molar-refractivity contribution in [2.75, 3.05) is 47.5 Å². The van der Waals surface area contributed by atoms with Crippen molar-refractivity contribution in [3.8, 4) is 0 Å². The predicted octanol–water partition coefficient (Wildman–Crippen LogP) is 16.8. The fraction of sp³-hybridized carbons (Fsp3) is 0.633. The summed E-state index contributed by atoms with van der Waals surface area (Å²) in [6.45, 7) is 4.12. The van der Waals surface area contributed by atoms with Crippen LogP contribution in [0.3, 0.4) is 0 Å². The molecule has 0 aromatic rings. The number of quaternary nitrogens is 1. The third-order valence-corrected chi connectivity index (χ3v) is 12.0. The molecule has 0 bridgehead atoms. The third kappa shape index (κ3) is 53.8. The minimum atomic E-state index is -4.40. The number of phosphoric ester groups is 1. The monoisotopic (exact) mass is 995 g/mol. The molecule has 2 atom stereocenters. The van der Waals surface area contributed by atoms with Crippen LogP contribution in [0, 0.1) is 0 Å². The van der Waals surface area contributed by atoms with Crippen LogP contribution >= 0.6 is 7.82 Å². The lowest BCUT2D eigenvalue weighted by Crippen LogP contribution is -2.37. The molecule has 0 spiro atoms. The predicted molar refractivity (Wildman–Crippen MR) is 297 cm³/mol. The zero-order valence-corrected chi connectivity index (χ0v) is 45.8. The van der Waals surface area contributed by atoms with Gasteiger partial charge in [-0.05, 0) is 96.3 Å². The topological polar surface area (TPSA) is 108 Å². The highest BCUT2D eigenvalue weighted by Gasteiger charge is 2.27. The fourth-order valence-electron chi connectivity index (χ4n) is 6.84. The van der Waals surface area contributed by atoms with Crippen molar-refractivity contribution < 1.29 is 42.1 Å². The zero-order chi connectivity index (χ0) is 51.3. The van der Waals surface area contributed by atoms with Gasteiger partial charge in [0.05, 0.1) is 27.7 Å². The lowest BCUT2D eigenvalue weighted by Gasteiger charge is -2.24. The van der Waals surface area contributed by atoms with Crippen LogP contribution in [0.2, 0.25) is 0 Å². The van der Waals surface area contributed by atoms with Gasteiger partial charge >= 0.3 is 19.8 Å². The van der Waals surface area contributed by atoms with Crippen molar-refractivity contribution >= 4 is 19.8 Å². The van der Waals surface area contributed by atoms with Gasteiger partial charge < -0.3 is 18.9 Å². The summed E-state index contributed by atoms with van der Waals surface area (Å²) >= 11 is 0. The Hall–Kier alpha value is -3.59. The Morgan fingerprint density at radius 3 is 1.19 bits per heavy atom. The smallest absolute Gasteiger partial charge is 0.462 e. The Labute approximate surface area is 428 Å². The molecule has 0 aromatic heterocycles. The number of nitrogens with zero attached hydrogens (tertiary/aromatic N) is 1. The van der Waals surface area contributed by atoms with Gasteiger partial charge in [0.2, 0.25) is 0 Å². The summed E-state index contributed by atoms with van der Waals surface area (Å²) in [5.74, 6) is -0.875. The molecule has 0 rings (SSSR count).